The van der Waals surface area contributed by atoms with E-state index in [1.807, 2.05) is 43.4 Å². The van der Waals surface area contributed by atoms with Gasteiger partial charge in [-0.25, -0.2) is 4.79 Å². The van der Waals surface area contributed by atoms with E-state index in [1.165, 1.54) is 23.8 Å². The molecule has 1 amide bonds. The van der Waals surface area contributed by atoms with Crippen molar-refractivity contribution in [3.05, 3.63) is 44.6 Å². The molecule has 0 aliphatic heterocycles. The molecule has 0 aliphatic rings. The summed E-state index contributed by atoms with van der Waals surface area (Å²) in [6.07, 6.45) is 5.63. The number of nitrogens with one attached hydrogen (secondary N) is 1. The molecular formula is C20H26INO5. The molecule has 0 radical (unpaired) electrons. The highest BCUT2D eigenvalue weighted by Gasteiger charge is 2.09. The van der Waals surface area contributed by atoms with Crippen molar-refractivity contribution in [2.75, 3.05) is 13.2 Å². The molecule has 0 atom stereocenters. The number of phenolic OH excluding ortho intramolecular Hbond substituents is 2. The van der Waals surface area contributed by atoms with Gasteiger partial charge in [-0.05, 0) is 80.3 Å². The lowest BCUT2D eigenvalue weighted by Gasteiger charge is -2.08. The van der Waals surface area contributed by atoms with Crippen molar-refractivity contribution >= 4 is 34.5 Å². The molecule has 1 aromatic carbocycles. The van der Waals surface area contributed by atoms with Gasteiger partial charge in [-0.15, -0.1) is 0 Å². The van der Waals surface area contributed by atoms with Crippen molar-refractivity contribution in [1.82, 2.24) is 5.32 Å². The van der Waals surface area contributed by atoms with Crippen molar-refractivity contribution in [3.8, 4) is 11.5 Å². The molecule has 0 heterocycles. The number of aromatic hydroxyl groups is 2. The number of benzene rings is 1. The van der Waals surface area contributed by atoms with E-state index in [-0.39, 0.29) is 18.1 Å². The Kier molecular flexibility index (Phi) is 9.92. The van der Waals surface area contributed by atoms with Crippen LogP contribution in [0.25, 0.3) is 0 Å². The average molecular weight is 487 g/mol. The van der Waals surface area contributed by atoms with Crippen molar-refractivity contribution < 1.29 is 24.5 Å². The minimum Gasteiger partial charge on any atom is -0.504 e. The summed E-state index contributed by atoms with van der Waals surface area (Å²) in [5, 5.41) is 21.6. The Balaban J connectivity index is 2.33. The fraction of sp³-hybridized carbons (Fsp3) is 0.400. The summed E-state index contributed by atoms with van der Waals surface area (Å²) < 4.78 is 5.74. The van der Waals surface area contributed by atoms with Gasteiger partial charge in [-0.3, -0.25) is 4.79 Å². The highest BCUT2D eigenvalue weighted by atomic mass is 127. The Bertz CT molecular complexity index is 736. The number of rotatable bonds is 9. The summed E-state index contributed by atoms with van der Waals surface area (Å²) in [7, 11) is 0. The highest BCUT2D eigenvalue weighted by molar-refractivity contribution is 14.1. The first-order valence-electron chi connectivity index (χ1n) is 8.63. The largest absolute Gasteiger partial charge is 0.504 e. The Hall–Kier alpha value is -2.03. The van der Waals surface area contributed by atoms with Crippen LogP contribution in [0.3, 0.4) is 0 Å². The summed E-state index contributed by atoms with van der Waals surface area (Å²) in [5.41, 5.74) is 2.94. The lowest BCUT2D eigenvalue weighted by molar-refractivity contribution is -0.143. The third-order valence-electron chi connectivity index (χ3n) is 3.66. The summed E-state index contributed by atoms with van der Waals surface area (Å²) in [6.45, 7) is 5.89. The van der Waals surface area contributed by atoms with Gasteiger partial charge in [0.05, 0.1) is 0 Å². The van der Waals surface area contributed by atoms with Crippen LogP contribution in [0.5, 0.6) is 11.5 Å². The second-order valence-electron chi connectivity index (χ2n) is 6.45. The van der Waals surface area contributed by atoms with Crippen LogP contribution in [0.4, 0.5) is 0 Å². The monoisotopic (exact) mass is 487 g/mol. The van der Waals surface area contributed by atoms with E-state index in [2.05, 4.69) is 11.4 Å². The van der Waals surface area contributed by atoms with Gasteiger partial charge >= 0.3 is 5.97 Å². The fourth-order valence-electron chi connectivity index (χ4n) is 2.21. The summed E-state index contributed by atoms with van der Waals surface area (Å²) in [5.74, 6) is -1.30. The quantitative estimate of drug-likeness (QED) is 0.163. The second kappa shape index (κ2) is 11.6. The first-order chi connectivity index (χ1) is 12.7. The van der Waals surface area contributed by atoms with Crippen LogP contribution in [-0.4, -0.2) is 35.2 Å². The predicted octanol–water partition coefficient (Wildman–Crippen LogP) is 3.60. The van der Waals surface area contributed by atoms with Crippen LogP contribution in [0, 0.1) is 3.57 Å². The third kappa shape index (κ3) is 9.46. The molecule has 0 saturated heterocycles. The number of halogens is 1. The highest BCUT2D eigenvalue weighted by Crippen LogP contribution is 2.29. The predicted molar refractivity (Wildman–Crippen MR) is 113 cm³/mol. The number of allylic oxidation sites excluding steroid dienone is 3. The number of carbonyl (C=O) groups excluding carboxylic acids is 2. The molecule has 0 bridgehead atoms. The average Bonchev–Trinajstić information content (AvgIpc) is 2.57. The maximum absolute atomic E-state index is 11.8. The van der Waals surface area contributed by atoms with E-state index >= 15 is 0 Å². The Morgan fingerprint density at radius 1 is 1.19 bits per heavy atom. The number of carbonyl (C=O) groups is 2. The first-order valence-corrected chi connectivity index (χ1v) is 9.71. The first kappa shape index (κ1) is 23.0. The molecule has 1 rings (SSSR count). The maximum Gasteiger partial charge on any atom is 0.331 e. The van der Waals surface area contributed by atoms with Gasteiger partial charge in [0.15, 0.2) is 18.1 Å². The molecule has 148 valence electrons. The van der Waals surface area contributed by atoms with E-state index in [4.69, 9.17) is 4.74 Å². The van der Waals surface area contributed by atoms with Crippen molar-refractivity contribution in [1.29, 1.82) is 0 Å². The molecule has 0 unspecified atom stereocenters. The zero-order valence-electron chi connectivity index (χ0n) is 15.8. The van der Waals surface area contributed by atoms with Crippen LogP contribution >= 0.6 is 22.6 Å². The topological polar surface area (TPSA) is 95.9 Å². The molecule has 0 fully saturated rings. The van der Waals surface area contributed by atoms with Crippen molar-refractivity contribution in [2.45, 2.75) is 40.0 Å². The minimum absolute atomic E-state index is 0.178. The molecule has 1 aromatic rings. The molecule has 6 nitrogen and oxygen atoms in total. The molecule has 3 N–H and O–H groups in total. The van der Waals surface area contributed by atoms with Crippen molar-refractivity contribution in [2.24, 2.45) is 0 Å². The van der Waals surface area contributed by atoms with Crippen LogP contribution in [0.15, 0.2) is 35.4 Å². The second-order valence-corrected chi connectivity index (χ2v) is 7.61. The van der Waals surface area contributed by atoms with Crippen molar-refractivity contribution in [3.63, 3.8) is 0 Å². The summed E-state index contributed by atoms with van der Waals surface area (Å²) in [4.78, 5) is 23.5. The number of hydrogen-bond acceptors (Lipinski definition) is 5. The maximum atomic E-state index is 11.8. The van der Waals surface area contributed by atoms with Gasteiger partial charge in [-0.1, -0.05) is 17.2 Å². The summed E-state index contributed by atoms with van der Waals surface area (Å²) >= 11 is 2.05. The van der Waals surface area contributed by atoms with Gasteiger partial charge in [0.2, 0.25) is 0 Å². The number of phenols is 2. The third-order valence-corrected chi connectivity index (χ3v) is 4.67. The van der Waals surface area contributed by atoms with Gasteiger partial charge < -0.3 is 20.3 Å². The molecule has 0 spiro atoms. The van der Waals surface area contributed by atoms with E-state index in [9.17, 15) is 19.8 Å². The molecule has 0 saturated carbocycles. The van der Waals surface area contributed by atoms with E-state index < -0.39 is 11.9 Å². The van der Waals surface area contributed by atoms with Crippen LogP contribution in [0.2, 0.25) is 0 Å². The molecule has 7 heteroatoms. The molecular weight excluding hydrogens is 461 g/mol. The minimum atomic E-state index is -0.530. The lowest BCUT2D eigenvalue weighted by Crippen LogP contribution is -2.30. The molecule has 27 heavy (non-hydrogen) atoms. The van der Waals surface area contributed by atoms with E-state index in [0.717, 1.165) is 27.5 Å². The Labute approximate surface area is 173 Å². The van der Waals surface area contributed by atoms with E-state index in [0.29, 0.717) is 13.0 Å². The number of esters is 1. The Morgan fingerprint density at radius 3 is 2.52 bits per heavy atom. The van der Waals surface area contributed by atoms with E-state index in [1.54, 1.807) is 0 Å². The van der Waals surface area contributed by atoms with Crippen LogP contribution in [0.1, 0.15) is 39.2 Å². The normalized spacial score (nSPS) is 11.0. The zero-order chi connectivity index (χ0) is 20.4. The number of amides is 1. The number of hydrogen-bond donors (Lipinski definition) is 3. The number of ether oxygens (including phenoxy) is 1. The van der Waals surface area contributed by atoms with Crippen LogP contribution < -0.4 is 5.32 Å². The van der Waals surface area contributed by atoms with Gasteiger partial charge in [0.1, 0.15) is 0 Å². The van der Waals surface area contributed by atoms with Gasteiger partial charge in [-0.2, -0.15) is 0 Å². The Morgan fingerprint density at radius 2 is 1.85 bits per heavy atom. The zero-order valence-corrected chi connectivity index (χ0v) is 18.0. The molecule has 0 aliphatic carbocycles. The molecule has 0 aromatic heterocycles. The lowest BCUT2D eigenvalue weighted by atomic mass is 10.1. The standard InChI is InChI=1S/C20H26INO5/c1-13(2)5-4-6-14(3)9-20(26)27-12-19(25)22-8-7-15-10-17(23)18(24)11-16(15)21/h5,9-11,23-24H,4,6-8,12H2,1-3H3,(H,22,25)/b14-9+. The van der Waals surface area contributed by atoms with Gasteiger partial charge in [0, 0.05) is 16.2 Å². The van der Waals surface area contributed by atoms with Gasteiger partial charge in [0.25, 0.3) is 5.91 Å². The smallest absolute Gasteiger partial charge is 0.331 e. The summed E-state index contributed by atoms with van der Waals surface area (Å²) in [6, 6.07) is 2.92. The fourth-order valence-corrected chi connectivity index (χ4v) is 2.93. The van der Waals surface area contributed by atoms with Crippen LogP contribution in [-0.2, 0) is 20.7 Å². The SMILES string of the molecule is CC(C)=CCC/C(C)=C/C(=O)OCC(=O)NCCc1cc(O)c(O)cc1I.